The van der Waals surface area contributed by atoms with E-state index in [0.717, 1.165) is 5.56 Å². The summed E-state index contributed by atoms with van der Waals surface area (Å²) in [5.74, 6) is 0.0873. The first-order valence-electron chi connectivity index (χ1n) is 11.0. The Bertz CT molecular complexity index is 1430. The van der Waals surface area contributed by atoms with Crippen molar-refractivity contribution in [2.75, 3.05) is 16.6 Å². The number of sulfonamides is 1. The molecule has 2 N–H and O–H groups in total. The maximum Gasteiger partial charge on any atom is 0.261 e. The van der Waals surface area contributed by atoms with Gasteiger partial charge in [0.25, 0.3) is 15.9 Å². The van der Waals surface area contributed by atoms with Crippen molar-refractivity contribution >= 4 is 27.3 Å². The van der Waals surface area contributed by atoms with Gasteiger partial charge in [0.2, 0.25) is 0 Å². The van der Waals surface area contributed by atoms with Gasteiger partial charge >= 0.3 is 0 Å². The molecule has 0 aliphatic carbocycles. The lowest BCUT2D eigenvalue weighted by Crippen LogP contribution is -2.17. The summed E-state index contributed by atoms with van der Waals surface area (Å²) in [6, 6.07) is 18.7. The first-order valence-corrected chi connectivity index (χ1v) is 12.5. The second-order valence-electron chi connectivity index (χ2n) is 8.05. The number of nitrogens with zero attached hydrogens (tertiary/aromatic N) is 2. The third kappa shape index (κ3) is 6.07. The molecule has 3 aromatic carbocycles. The highest BCUT2D eigenvalue weighted by Crippen LogP contribution is 2.26. The van der Waals surface area contributed by atoms with Crippen LogP contribution in [0.15, 0.2) is 90.3 Å². The van der Waals surface area contributed by atoms with Crippen molar-refractivity contribution in [3.63, 3.8) is 0 Å². The minimum absolute atomic E-state index is 0.000349. The van der Waals surface area contributed by atoms with Gasteiger partial charge in [-0.15, -0.1) is 0 Å². The number of amides is 1. The van der Waals surface area contributed by atoms with Crippen LogP contribution in [0, 0.1) is 13.8 Å². The summed E-state index contributed by atoms with van der Waals surface area (Å²) < 4.78 is 36.2. The Morgan fingerprint density at radius 1 is 1.03 bits per heavy atom. The van der Waals surface area contributed by atoms with Crippen LogP contribution in [0.5, 0.6) is 5.75 Å². The predicted octanol–water partition coefficient (Wildman–Crippen LogP) is 4.63. The van der Waals surface area contributed by atoms with E-state index in [0.29, 0.717) is 35.8 Å². The molecule has 1 amide bonds. The molecule has 8 nitrogen and oxygen atoms in total. The second-order valence-corrected chi connectivity index (χ2v) is 9.73. The molecule has 1 heterocycles. The van der Waals surface area contributed by atoms with Crippen LogP contribution < -0.4 is 14.8 Å². The first kappa shape index (κ1) is 24.0. The summed E-state index contributed by atoms with van der Waals surface area (Å²) in [4.78, 5) is 17.1. The van der Waals surface area contributed by atoms with E-state index in [-0.39, 0.29) is 10.5 Å². The van der Waals surface area contributed by atoms with Gasteiger partial charge in [-0.25, -0.2) is 13.4 Å². The zero-order chi connectivity index (χ0) is 24.8. The first-order chi connectivity index (χ1) is 16.8. The van der Waals surface area contributed by atoms with Crippen LogP contribution in [0.2, 0.25) is 0 Å². The number of carbonyl (C=O) groups is 1. The molecule has 0 atom stereocenters. The van der Waals surface area contributed by atoms with Crippen LogP contribution in [0.1, 0.15) is 21.5 Å². The molecule has 0 bridgehead atoms. The van der Waals surface area contributed by atoms with Crippen LogP contribution in [0.3, 0.4) is 0 Å². The molecule has 9 heteroatoms. The van der Waals surface area contributed by atoms with Gasteiger partial charge in [-0.1, -0.05) is 30.3 Å². The van der Waals surface area contributed by atoms with Gasteiger partial charge in [0.15, 0.2) is 0 Å². The Labute approximate surface area is 204 Å². The van der Waals surface area contributed by atoms with Crippen LogP contribution >= 0.6 is 0 Å². The molecule has 180 valence electrons. The SMILES string of the molecule is Cc1cccc(NS(=O)(=O)c2ccc(C)c(C(=O)Nc3ccccc3OCCn3ccnc3)c2)c1. The number of carbonyl (C=O) groups excluding carboxylic acids is 1. The number of aromatic nitrogens is 2. The van der Waals surface area contributed by atoms with Crippen molar-refractivity contribution in [2.24, 2.45) is 0 Å². The van der Waals surface area contributed by atoms with Gasteiger partial charge in [0.1, 0.15) is 12.4 Å². The maximum absolute atomic E-state index is 13.1. The number of ether oxygens (including phenoxy) is 1. The molecule has 35 heavy (non-hydrogen) atoms. The van der Waals surface area contributed by atoms with E-state index in [4.69, 9.17) is 4.74 Å². The number of rotatable bonds is 9. The maximum atomic E-state index is 13.1. The molecule has 0 unspecified atom stereocenters. The highest BCUT2D eigenvalue weighted by molar-refractivity contribution is 7.92. The van der Waals surface area contributed by atoms with Gasteiger partial charge in [-0.2, -0.15) is 0 Å². The van der Waals surface area contributed by atoms with Crippen LogP contribution in [-0.4, -0.2) is 30.5 Å². The molecule has 0 aliphatic rings. The lowest BCUT2D eigenvalue weighted by Gasteiger charge is -2.14. The van der Waals surface area contributed by atoms with Crippen LogP contribution in [0.25, 0.3) is 0 Å². The Morgan fingerprint density at radius 3 is 2.63 bits per heavy atom. The molecule has 0 radical (unpaired) electrons. The summed E-state index contributed by atoms with van der Waals surface area (Å²) in [5.41, 5.74) is 2.79. The average molecular weight is 491 g/mol. The minimum atomic E-state index is -3.88. The fourth-order valence-electron chi connectivity index (χ4n) is 3.50. The lowest BCUT2D eigenvalue weighted by atomic mass is 10.1. The molecule has 0 saturated heterocycles. The molecule has 0 spiro atoms. The highest BCUT2D eigenvalue weighted by Gasteiger charge is 2.19. The summed E-state index contributed by atoms with van der Waals surface area (Å²) >= 11 is 0. The highest BCUT2D eigenvalue weighted by atomic mass is 32.2. The number of nitrogens with one attached hydrogen (secondary N) is 2. The number of benzene rings is 3. The number of anilines is 2. The third-order valence-electron chi connectivity index (χ3n) is 5.34. The molecule has 4 aromatic rings. The summed E-state index contributed by atoms with van der Waals surface area (Å²) in [6.07, 6.45) is 5.24. The van der Waals surface area contributed by atoms with Gasteiger partial charge in [-0.05, 0) is 61.4 Å². The zero-order valence-electron chi connectivity index (χ0n) is 19.4. The summed E-state index contributed by atoms with van der Waals surface area (Å²) in [6.45, 7) is 4.63. The number of para-hydroxylation sites is 2. The zero-order valence-corrected chi connectivity index (χ0v) is 20.2. The van der Waals surface area contributed by atoms with Gasteiger partial charge < -0.3 is 14.6 Å². The Kier molecular flexibility index (Phi) is 7.17. The van der Waals surface area contributed by atoms with Crippen molar-refractivity contribution in [3.8, 4) is 5.75 Å². The van der Waals surface area contributed by atoms with E-state index in [1.807, 2.05) is 29.8 Å². The normalized spacial score (nSPS) is 11.1. The van der Waals surface area contributed by atoms with Crippen molar-refractivity contribution < 1.29 is 17.9 Å². The summed E-state index contributed by atoms with van der Waals surface area (Å²) in [7, 11) is -3.88. The van der Waals surface area contributed by atoms with Gasteiger partial charge in [-0.3, -0.25) is 9.52 Å². The number of hydrogen-bond acceptors (Lipinski definition) is 5. The van der Waals surface area contributed by atoms with E-state index in [9.17, 15) is 13.2 Å². The number of aryl methyl sites for hydroxylation is 2. The quantitative estimate of drug-likeness (QED) is 0.356. The fraction of sp³-hybridized carbons (Fsp3) is 0.154. The van der Waals surface area contributed by atoms with Crippen molar-refractivity contribution in [1.29, 1.82) is 0 Å². The van der Waals surface area contributed by atoms with Gasteiger partial charge in [0.05, 0.1) is 23.5 Å². The van der Waals surface area contributed by atoms with E-state index in [2.05, 4.69) is 15.0 Å². The lowest BCUT2D eigenvalue weighted by molar-refractivity contribution is 0.102. The molecule has 0 fully saturated rings. The fourth-order valence-corrected chi connectivity index (χ4v) is 4.58. The molecule has 0 aliphatic heterocycles. The Balaban J connectivity index is 1.51. The second kappa shape index (κ2) is 10.4. The van der Waals surface area contributed by atoms with Crippen LogP contribution in [-0.2, 0) is 16.6 Å². The topological polar surface area (TPSA) is 102 Å². The molecular formula is C26H26N4O4S. The van der Waals surface area contributed by atoms with Crippen molar-refractivity contribution in [1.82, 2.24) is 9.55 Å². The Hall–Kier alpha value is -4.11. The van der Waals surface area contributed by atoms with E-state index < -0.39 is 15.9 Å². The molecular weight excluding hydrogens is 464 g/mol. The summed E-state index contributed by atoms with van der Waals surface area (Å²) in [5, 5.41) is 2.85. The standard InChI is InChI=1S/C26H26N4O4S/c1-19-6-5-7-21(16-19)29-35(32,33)22-11-10-20(2)23(17-22)26(31)28-24-8-3-4-9-25(24)34-15-14-30-13-12-27-18-30/h3-13,16-18,29H,14-15H2,1-2H3,(H,28,31). The smallest absolute Gasteiger partial charge is 0.261 e. The van der Waals surface area contributed by atoms with E-state index in [1.165, 1.54) is 12.1 Å². The minimum Gasteiger partial charge on any atom is -0.490 e. The average Bonchev–Trinajstić information content (AvgIpc) is 3.33. The largest absolute Gasteiger partial charge is 0.490 e. The van der Waals surface area contributed by atoms with Crippen molar-refractivity contribution in [2.45, 2.75) is 25.3 Å². The number of hydrogen-bond donors (Lipinski definition) is 2. The third-order valence-corrected chi connectivity index (χ3v) is 6.71. The molecule has 0 saturated carbocycles. The van der Waals surface area contributed by atoms with Gasteiger partial charge in [0, 0.05) is 23.6 Å². The van der Waals surface area contributed by atoms with Crippen LogP contribution in [0.4, 0.5) is 11.4 Å². The van der Waals surface area contributed by atoms with E-state index >= 15 is 0 Å². The predicted molar refractivity (Wildman–Crippen MR) is 135 cm³/mol. The van der Waals surface area contributed by atoms with Crippen molar-refractivity contribution in [3.05, 3.63) is 102 Å². The molecule has 4 rings (SSSR count). The monoisotopic (exact) mass is 490 g/mol. The van der Waals surface area contributed by atoms with E-state index in [1.54, 1.807) is 61.9 Å². The Morgan fingerprint density at radius 2 is 1.86 bits per heavy atom. The number of imidazole rings is 1. The molecule has 1 aromatic heterocycles.